The van der Waals surface area contributed by atoms with Crippen LogP contribution in [0.3, 0.4) is 0 Å². The summed E-state index contributed by atoms with van der Waals surface area (Å²) < 4.78 is 14.0. The largest absolute Gasteiger partial charge is 0.313 e. The molecular weight excluding hydrogens is 364 g/mol. The molecule has 0 aliphatic heterocycles. The Balaban J connectivity index is 2.31. The van der Waals surface area contributed by atoms with Crippen LogP contribution in [0.2, 0.25) is 10.0 Å². The van der Waals surface area contributed by atoms with Crippen molar-refractivity contribution in [3.8, 4) is 0 Å². The van der Waals surface area contributed by atoms with Gasteiger partial charge in [0.25, 0.3) is 0 Å². The van der Waals surface area contributed by atoms with Gasteiger partial charge >= 0.3 is 0 Å². The molecule has 0 amide bonds. The maximum absolute atomic E-state index is 13.1. The number of halogens is 4. The van der Waals surface area contributed by atoms with E-state index in [1.165, 1.54) is 12.1 Å². The molecule has 0 aliphatic rings. The number of hydrogen-bond donors (Lipinski definition) is 1. The summed E-state index contributed by atoms with van der Waals surface area (Å²) in [5.41, 5.74) is 1.85. The van der Waals surface area contributed by atoms with Gasteiger partial charge in [0.05, 0.1) is 0 Å². The zero-order chi connectivity index (χ0) is 14.7. The fraction of sp³-hybridized carbons (Fsp3) is 0.200. The first-order valence-electron chi connectivity index (χ1n) is 6.07. The zero-order valence-electron chi connectivity index (χ0n) is 10.8. The first-order valence-corrected chi connectivity index (χ1v) is 7.62. The molecule has 2 aromatic carbocycles. The van der Waals surface area contributed by atoms with Gasteiger partial charge in [0.1, 0.15) is 5.82 Å². The summed E-state index contributed by atoms with van der Waals surface area (Å²) in [6, 6.07) is 10.2. The van der Waals surface area contributed by atoms with Crippen LogP contribution in [0, 0.1) is 5.82 Å². The summed E-state index contributed by atoms with van der Waals surface area (Å²) in [7, 11) is 1.86. The minimum absolute atomic E-state index is 0.00274. The molecule has 2 aromatic rings. The fourth-order valence-electron chi connectivity index (χ4n) is 2.06. The Hall–Kier alpha value is -0.610. The maximum Gasteiger partial charge on any atom is 0.124 e. The molecule has 0 aromatic heterocycles. The Morgan fingerprint density at radius 2 is 1.90 bits per heavy atom. The molecule has 1 atom stereocenters. The van der Waals surface area contributed by atoms with Gasteiger partial charge in [0.2, 0.25) is 0 Å². The second-order valence-corrected chi connectivity index (χ2v) is 6.18. The zero-order valence-corrected chi connectivity index (χ0v) is 13.9. The van der Waals surface area contributed by atoms with Crippen LogP contribution in [0.15, 0.2) is 40.9 Å². The predicted octanol–water partition coefficient (Wildman–Crippen LogP) is 5.40. The highest BCUT2D eigenvalue weighted by Gasteiger charge is 2.16. The molecular formula is C15H13BrCl2FN. The Bertz CT molecular complexity index is 619. The second-order valence-electron chi connectivity index (χ2n) is 4.45. The molecule has 106 valence electrons. The minimum atomic E-state index is -0.333. The second kappa shape index (κ2) is 6.90. The van der Waals surface area contributed by atoms with E-state index in [1.54, 1.807) is 6.07 Å². The Kier molecular flexibility index (Phi) is 5.44. The van der Waals surface area contributed by atoms with Crippen LogP contribution in [0.5, 0.6) is 0 Å². The van der Waals surface area contributed by atoms with Crippen molar-refractivity contribution in [2.45, 2.75) is 12.5 Å². The summed E-state index contributed by atoms with van der Waals surface area (Å²) >= 11 is 15.8. The van der Waals surface area contributed by atoms with Gasteiger partial charge < -0.3 is 5.32 Å². The van der Waals surface area contributed by atoms with E-state index in [0.29, 0.717) is 16.5 Å². The number of benzene rings is 2. The lowest BCUT2D eigenvalue weighted by Gasteiger charge is -2.19. The third-order valence-electron chi connectivity index (χ3n) is 3.12. The molecule has 0 saturated carbocycles. The normalized spacial score (nSPS) is 12.4. The molecule has 0 spiro atoms. The standard InChI is InChI=1S/C15H13BrCl2FN/c1-20-15(12-7-10(16)3-5-13(12)17)6-9-2-4-11(19)8-14(9)18/h2-5,7-8,15,20H,6H2,1H3. The minimum Gasteiger partial charge on any atom is -0.313 e. The molecule has 20 heavy (non-hydrogen) atoms. The van der Waals surface area contributed by atoms with E-state index in [4.69, 9.17) is 23.2 Å². The monoisotopic (exact) mass is 375 g/mol. The average molecular weight is 377 g/mol. The smallest absolute Gasteiger partial charge is 0.124 e. The van der Waals surface area contributed by atoms with Gasteiger partial charge in [-0.3, -0.25) is 0 Å². The summed E-state index contributed by atoms with van der Waals surface area (Å²) in [6.45, 7) is 0. The summed E-state index contributed by atoms with van der Waals surface area (Å²) in [4.78, 5) is 0. The van der Waals surface area contributed by atoms with Gasteiger partial charge in [-0.2, -0.15) is 0 Å². The molecule has 2 rings (SSSR count). The number of rotatable bonds is 4. The lowest BCUT2D eigenvalue weighted by atomic mass is 9.99. The van der Waals surface area contributed by atoms with Crippen LogP contribution in [0.25, 0.3) is 0 Å². The van der Waals surface area contributed by atoms with E-state index >= 15 is 0 Å². The van der Waals surface area contributed by atoms with Crippen molar-refractivity contribution < 1.29 is 4.39 Å². The average Bonchev–Trinajstić information content (AvgIpc) is 2.41. The molecule has 0 heterocycles. The van der Waals surface area contributed by atoms with Gasteiger partial charge in [-0.25, -0.2) is 4.39 Å². The molecule has 0 bridgehead atoms. The van der Waals surface area contributed by atoms with Crippen LogP contribution < -0.4 is 5.32 Å². The highest BCUT2D eigenvalue weighted by Crippen LogP contribution is 2.30. The van der Waals surface area contributed by atoms with E-state index < -0.39 is 0 Å². The molecule has 0 radical (unpaired) electrons. The first-order chi connectivity index (χ1) is 9.51. The van der Waals surface area contributed by atoms with Crippen molar-refractivity contribution in [1.29, 1.82) is 0 Å². The van der Waals surface area contributed by atoms with E-state index in [-0.39, 0.29) is 11.9 Å². The molecule has 0 saturated heterocycles. The van der Waals surface area contributed by atoms with Gasteiger partial charge in [-0.05, 0) is 54.9 Å². The number of likely N-dealkylation sites (N-methyl/N-ethyl adjacent to an activating group) is 1. The first kappa shape index (κ1) is 15.8. The molecule has 1 unspecified atom stereocenters. The van der Waals surface area contributed by atoms with Crippen molar-refractivity contribution in [3.63, 3.8) is 0 Å². The molecule has 1 N–H and O–H groups in total. The van der Waals surface area contributed by atoms with Crippen molar-refractivity contribution >= 4 is 39.1 Å². The van der Waals surface area contributed by atoms with Crippen molar-refractivity contribution in [2.24, 2.45) is 0 Å². The van der Waals surface area contributed by atoms with Gasteiger partial charge in [-0.15, -0.1) is 0 Å². The summed E-state index contributed by atoms with van der Waals surface area (Å²) in [5, 5.41) is 4.33. The molecule has 0 fully saturated rings. The quantitative estimate of drug-likeness (QED) is 0.753. The van der Waals surface area contributed by atoms with Crippen molar-refractivity contribution in [2.75, 3.05) is 7.05 Å². The Morgan fingerprint density at radius 3 is 2.55 bits per heavy atom. The van der Waals surface area contributed by atoms with Crippen molar-refractivity contribution in [3.05, 3.63) is 67.9 Å². The molecule has 0 aliphatic carbocycles. The van der Waals surface area contributed by atoms with Crippen LogP contribution in [-0.4, -0.2) is 7.05 Å². The van der Waals surface area contributed by atoms with E-state index in [9.17, 15) is 4.39 Å². The Morgan fingerprint density at radius 1 is 1.15 bits per heavy atom. The molecule has 1 nitrogen and oxygen atoms in total. The van der Waals surface area contributed by atoms with E-state index in [2.05, 4.69) is 21.2 Å². The van der Waals surface area contributed by atoms with Crippen LogP contribution in [0.1, 0.15) is 17.2 Å². The van der Waals surface area contributed by atoms with Crippen LogP contribution in [0.4, 0.5) is 4.39 Å². The van der Waals surface area contributed by atoms with Gasteiger partial charge in [0, 0.05) is 20.6 Å². The SMILES string of the molecule is CNC(Cc1ccc(F)cc1Cl)c1cc(Br)ccc1Cl. The van der Waals surface area contributed by atoms with Gasteiger partial charge in [-0.1, -0.05) is 45.2 Å². The predicted molar refractivity (Wildman–Crippen MR) is 86.1 cm³/mol. The van der Waals surface area contributed by atoms with Crippen LogP contribution in [-0.2, 0) is 6.42 Å². The number of hydrogen-bond acceptors (Lipinski definition) is 1. The third-order valence-corrected chi connectivity index (χ3v) is 4.31. The van der Waals surface area contributed by atoms with Crippen molar-refractivity contribution in [1.82, 2.24) is 5.32 Å². The Labute approximate surface area is 136 Å². The van der Waals surface area contributed by atoms with E-state index in [1.807, 2.05) is 25.2 Å². The summed E-state index contributed by atoms with van der Waals surface area (Å²) in [5.74, 6) is -0.333. The highest BCUT2D eigenvalue weighted by atomic mass is 79.9. The lowest BCUT2D eigenvalue weighted by molar-refractivity contribution is 0.589. The summed E-state index contributed by atoms with van der Waals surface area (Å²) in [6.07, 6.45) is 0.631. The van der Waals surface area contributed by atoms with Gasteiger partial charge in [0.15, 0.2) is 0 Å². The van der Waals surface area contributed by atoms with Crippen LogP contribution >= 0.6 is 39.1 Å². The third kappa shape index (κ3) is 3.73. The number of nitrogens with one attached hydrogen (secondary N) is 1. The fourth-order valence-corrected chi connectivity index (χ4v) is 2.93. The molecule has 5 heteroatoms. The lowest BCUT2D eigenvalue weighted by Crippen LogP contribution is -2.19. The van der Waals surface area contributed by atoms with E-state index in [0.717, 1.165) is 15.6 Å². The topological polar surface area (TPSA) is 12.0 Å². The highest BCUT2D eigenvalue weighted by molar-refractivity contribution is 9.10. The maximum atomic E-state index is 13.1.